The number of hydrogen-bond acceptors (Lipinski definition) is 16. The van der Waals surface area contributed by atoms with E-state index < -0.39 is 64.9 Å². The van der Waals surface area contributed by atoms with Crippen LogP contribution in [0.4, 0.5) is 20.1 Å². The monoisotopic (exact) mass is 928 g/mol. The molecule has 21 heteroatoms. The first-order valence-corrected chi connectivity index (χ1v) is 21.5. The zero-order valence-electron chi connectivity index (χ0n) is 38.7. The highest BCUT2D eigenvalue weighted by molar-refractivity contribution is 6.13. The molecule has 2 aromatic carbocycles. The van der Waals surface area contributed by atoms with E-state index in [9.17, 15) is 43.5 Å². The number of aromatic nitrogens is 5. The Balaban J connectivity index is 0.000000187. The number of anilines is 1. The molecule has 3 fully saturated rings. The van der Waals surface area contributed by atoms with Crippen LogP contribution in [0.1, 0.15) is 97.2 Å². The summed E-state index contributed by atoms with van der Waals surface area (Å²) in [7, 11) is 0. The smallest absolute Gasteiger partial charge is 0.424 e. The van der Waals surface area contributed by atoms with Crippen LogP contribution in [-0.2, 0) is 33.4 Å². The van der Waals surface area contributed by atoms with E-state index >= 15 is 0 Å². The third kappa shape index (κ3) is 13.6. The minimum atomic E-state index is -1.03. The van der Waals surface area contributed by atoms with Crippen LogP contribution in [0.2, 0.25) is 0 Å². The van der Waals surface area contributed by atoms with Gasteiger partial charge in [0.1, 0.15) is 41.7 Å². The molecule has 5 aromatic rings. The minimum absolute atomic E-state index is 0.00326. The SMILES string of the molecule is C1CCOC1.Cc1ccc(NC2CCC(=O)N(C(=O)OC(C)(C)C)C2=O)c(O)c1.Cc1ccc2c(c1)oc(=O)n2C1CCC(=O)N(C(=O)OC(C)(C)C)C1=O.O=C(n1ccnc1)n1ccnc1. The molecule has 3 aliphatic heterocycles. The fourth-order valence-corrected chi connectivity index (χ4v) is 6.70. The summed E-state index contributed by atoms with van der Waals surface area (Å²) in [6.45, 7) is 15.6. The maximum absolute atomic E-state index is 12.8. The Morgan fingerprint density at radius 2 is 1.25 bits per heavy atom. The van der Waals surface area contributed by atoms with Gasteiger partial charge in [-0.05, 0) is 116 Å². The number of fused-ring (bicyclic) bond motifs is 1. The summed E-state index contributed by atoms with van der Waals surface area (Å²) in [5.74, 6) is -3.40. The van der Waals surface area contributed by atoms with Gasteiger partial charge in [0.25, 0.3) is 11.8 Å². The fourth-order valence-electron chi connectivity index (χ4n) is 6.70. The summed E-state index contributed by atoms with van der Waals surface area (Å²) in [4.78, 5) is 106. The molecule has 3 aliphatic rings. The number of ether oxygens (including phenoxy) is 3. The molecule has 3 saturated heterocycles. The molecule has 21 nitrogen and oxygen atoms in total. The Morgan fingerprint density at radius 3 is 1.75 bits per heavy atom. The van der Waals surface area contributed by atoms with Crippen molar-refractivity contribution in [2.45, 2.75) is 117 Å². The lowest BCUT2D eigenvalue weighted by molar-refractivity contribution is -0.150. The fraction of sp³-hybridized carbons (Fsp3) is 0.435. The van der Waals surface area contributed by atoms with Crippen molar-refractivity contribution in [2.75, 3.05) is 18.5 Å². The second kappa shape index (κ2) is 21.7. The number of carbonyl (C=O) groups excluding carboxylic acids is 7. The predicted octanol–water partition coefficient (Wildman–Crippen LogP) is 6.49. The van der Waals surface area contributed by atoms with Crippen LogP contribution >= 0.6 is 0 Å². The van der Waals surface area contributed by atoms with Crippen molar-refractivity contribution in [1.29, 1.82) is 0 Å². The van der Waals surface area contributed by atoms with Crippen molar-refractivity contribution < 1.29 is 57.3 Å². The molecule has 2 atom stereocenters. The largest absolute Gasteiger partial charge is 0.506 e. The van der Waals surface area contributed by atoms with E-state index in [1.807, 2.05) is 13.8 Å². The number of benzene rings is 2. The van der Waals surface area contributed by atoms with Gasteiger partial charge in [0.2, 0.25) is 11.8 Å². The van der Waals surface area contributed by atoms with Crippen LogP contribution in [0.15, 0.2) is 83.1 Å². The van der Waals surface area contributed by atoms with Crippen LogP contribution in [0.3, 0.4) is 0 Å². The Labute approximate surface area is 385 Å². The van der Waals surface area contributed by atoms with Crippen molar-refractivity contribution in [3.05, 3.63) is 95.5 Å². The van der Waals surface area contributed by atoms with Crippen molar-refractivity contribution in [3.63, 3.8) is 0 Å². The highest BCUT2D eigenvalue weighted by Gasteiger charge is 2.43. The highest BCUT2D eigenvalue weighted by Crippen LogP contribution is 2.30. The van der Waals surface area contributed by atoms with Crippen molar-refractivity contribution in [2.24, 2.45) is 0 Å². The number of hydrogen-bond donors (Lipinski definition) is 2. The number of carbonyl (C=O) groups is 7. The van der Waals surface area contributed by atoms with Gasteiger partial charge in [-0.25, -0.2) is 29.1 Å². The van der Waals surface area contributed by atoms with Gasteiger partial charge in [-0.3, -0.25) is 32.9 Å². The molecule has 6 amide bonds. The van der Waals surface area contributed by atoms with Gasteiger partial charge in [0.15, 0.2) is 5.58 Å². The van der Waals surface area contributed by atoms with Crippen LogP contribution in [-0.4, -0.2) is 111 Å². The Bertz CT molecular complexity index is 2590. The van der Waals surface area contributed by atoms with E-state index in [2.05, 4.69) is 15.3 Å². The second-order valence-electron chi connectivity index (χ2n) is 17.7. The average Bonchev–Trinajstić information content (AvgIpc) is 4.09. The average molecular weight is 929 g/mol. The van der Waals surface area contributed by atoms with Crippen molar-refractivity contribution in [3.8, 4) is 5.75 Å². The maximum atomic E-state index is 12.8. The number of phenolic OH excluding ortho intramolecular Hbond substituents is 1. The third-order valence-electron chi connectivity index (χ3n) is 9.79. The predicted molar refractivity (Wildman–Crippen MR) is 240 cm³/mol. The van der Waals surface area contributed by atoms with Crippen molar-refractivity contribution in [1.82, 2.24) is 33.5 Å². The number of amides is 6. The number of rotatable bonds is 3. The molecule has 358 valence electrons. The highest BCUT2D eigenvalue weighted by atomic mass is 16.6. The van der Waals surface area contributed by atoms with E-state index in [0.29, 0.717) is 26.6 Å². The van der Waals surface area contributed by atoms with E-state index in [1.165, 1.54) is 39.2 Å². The summed E-state index contributed by atoms with van der Waals surface area (Å²) in [5, 5.41) is 12.8. The molecular formula is C46H56N8O13. The maximum Gasteiger partial charge on any atom is 0.424 e. The number of piperidine rings is 2. The number of imide groups is 6. The van der Waals surface area contributed by atoms with Crippen molar-refractivity contribution >= 4 is 58.6 Å². The molecule has 3 aromatic heterocycles. The third-order valence-corrected chi connectivity index (χ3v) is 9.79. The van der Waals surface area contributed by atoms with Gasteiger partial charge in [0, 0.05) is 50.8 Å². The Hall–Kier alpha value is -7.42. The number of oxazole rings is 1. The summed E-state index contributed by atoms with van der Waals surface area (Å²) < 4.78 is 24.4. The van der Waals surface area contributed by atoms with Gasteiger partial charge in [-0.2, -0.15) is 9.80 Å². The summed E-state index contributed by atoms with van der Waals surface area (Å²) in [6, 6.07) is 8.17. The molecule has 0 aliphatic carbocycles. The normalized spacial score (nSPS) is 17.4. The van der Waals surface area contributed by atoms with E-state index in [1.54, 1.807) is 103 Å². The molecule has 0 bridgehead atoms. The topological polar surface area (TPSA) is 257 Å². The second-order valence-corrected chi connectivity index (χ2v) is 17.7. The number of aromatic hydroxyl groups is 1. The van der Waals surface area contributed by atoms with Crippen LogP contribution < -0.4 is 11.1 Å². The summed E-state index contributed by atoms with van der Waals surface area (Å²) in [5.41, 5.74) is 1.27. The van der Waals surface area contributed by atoms with Gasteiger partial charge in [-0.15, -0.1) is 0 Å². The molecule has 8 rings (SSSR count). The van der Waals surface area contributed by atoms with E-state index in [-0.39, 0.29) is 37.5 Å². The number of aryl methyl sites for hydroxylation is 2. The lowest BCUT2D eigenvalue weighted by atomic mass is 10.0. The zero-order chi connectivity index (χ0) is 49.2. The molecule has 0 spiro atoms. The first-order valence-electron chi connectivity index (χ1n) is 21.5. The number of imidazole rings is 2. The lowest BCUT2D eigenvalue weighted by Gasteiger charge is -2.31. The van der Waals surface area contributed by atoms with Crippen LogP contribution in [0.5, 0.6) is 5.75 Å². The summed E-state index contributed by atoms with van der Waals surface area (Å²) in [6.07, 6.45) is 10.0. The van der Waals surface area contributed by atoms with Gasteiger partial charge in [-0.1, -0.05) is 12.1 Å². The Morgan fingerprint density at radius 1 is 0.731 bits per heavy atom. The molecule has 67 heavy (non-hydrogen) atoms. The minimum Gasteiger partial charge on any atom is -0.506 e. The zero-order valence-corrected chi connectivity index (χ0v) is 38.7. The molecule has 2 unspecified atom stereocenters. The van der Waals surface area contributed by atoms with Crippen LogP contribution in [0, 0.1) is 13.8 Å². The first kappa shape index (κ1) is 50.6. The number of nitrogens with zero attached hydrogens (tertiary/aromatic N) is 7. The van der Waals surface area contributed by atoms with Gasteiger partial charge in [0.05, 0.1) is 11.2 Å². The van der Waals surface area contributed by atoms with E-state index in [0.717, 1.165) is 24.3 Å². The van der Waals surface area contributed by atoms with Gasteiger partial charge >= 0.3 is 24.0 Å². The first-order chi connectivity index (χ1) is 31.5. The molecule has 2 N–H and O–H groups in total. The van der Waals surface area contributed by atoms with Gasteiger partial charge < -0.3 is 29.1 Å². The Kier molecular flexibility index (Phi) is 16.4. The molecular weight excluding hydrogens is 873 g/mol. The molecule has 6 heterocycles. The molecule has 0 radical (unpaired) electrons. The number of phenols is 1. The van der Waals surface area contributed by atoms with E-state index in [4.69, 9.17) is 18.6 Å². The standard InChI is InChI=1S/C18H20N2O6.C17H22N2O5.C7H6N4O.C4H8O/c1-10-5-6-11-13(9-10)25-16(23)19(11)12-7-8-14(21)20(15(12)22)17(24)26-18(2,3)4;1-10-5-6-11(13(20)9-10)18-12-7-8-14(21)19(15(12)22)16(23)24-17(2,3)4;12-7(10-3-1-8-5-10)11-4-2-9-6-11;1-2-4-5-3-1/h5-6,9,12H,7-8H2,1-4H3;5-6,9,12,18,20H,7-8H2,1-4H3;1-6H;1-4H2. The lowest BCUT2D eigenvalue weighted by Crippen LogP contribution is -2.54. The number of nitrogens with one attached hydrogen (secondary N) is 1. The summed E-state index contributed by atoms with van der Waals surface area (Å²) >= 11 is 0. The number of likely N-dealkylation sites (tertiary alicyclic amines) is 2. The quantitative estimate of drug-likeness (QED) is 0.145. The molecule has 0 saturated carbocycles. The van der Waals surface area contributed by atoms with Crippen LogP contribution in [0.25, 0.3) is 11.1 Å².